The number of nitrogens with two attached hydrogens (primary N) is 1. The summed E-state index contributed by atoms with van der Waals surface area (Å²) >= 11 is 1.96. The van der Waals surface area contributed by atoms with Crippen LogP contribution in [0.15, 0.2) is 0 Å². The van der Waals surface area contributed by atoms with Crippen LogP contribution in [0.2, 0.25) is 0 Å². The summed E-state index contributed by atoms with van der Waals surface area (Å²) < 4.78 is 0. The fraction of sp³-hybridized carbons (Fsp3) is 0.786. The molecule has 1 saturated carbocycles. The molecule has 2 heterocycles. The SMILES string of the molecule is Cc1nc(C2CCCN(C)C2)sc1C1CC(N)C1. The van der Waals surface area contributed by atoms with Crippen LogP contribution in [0.5, 0.6) is 0 Å². The van der Waals surface area contributed by atoms with Crippen LogP contribution in [-0.2, 0) is 0 Å². The van der Waals surface area contributed by atoms with E-state index in [4.69, 9.17) is 10.7 Å². The zero-order chi connectivity index (χ0) is 12.7. The summed E-state index contributed by atoms with van der Waals surface area (Å²) in [6.07, 6.45) is 4.93. The van der Waals surface area contributed by atoms with Crippen LogP contribution in [0.25, 0.3) is 0 Å². The summed E-state index contributed by atoms with van der Waals surface area (Å²) in [5.41, 5.74) is 7.17. The van der Waals surface area contributed by atoms with E-state index in [0.717, 1.165) is 12.8 Å². The molecule has 1 unspecified atom stereocenters. The highest BCUT2D eigenvalue weighted by molar-refractivity contribution is 7.12. The first-order chi connectivity index (χ1) is 8.63. The third-order valence-corrected chi connectivity index (χ3v) is 5.85. The molecule has 1 aliphatic heterocycles. The number of thiazole rings is 1. The number of rotatable bonds is 2. The molecule has 1 atom stereocenters. The Morgan fingerprint density at radius 3 is 2.78 bits per heavy atom. The lowest BCUT2D eigenvalue weighted by Gasteiger charge is -2.32. The van der Waals surface area contributed by atoms with Gasteiger partial charge in [0.25, 0.3) is 0 Å². The molecule has 0 radical (unpaired) electrons. The van der Waals surface area contributed by atoms with Gasteiger partial charge in [-0.25, -0.2) is 4.98 Å². The fourth-order valence-electron chi connectivity index (χ4n) is 3.23. The Morgan fingerprint density at radius 1 is 1.33 bits per heavy atom. The molecular weight excluding hydrogens is 242 g/mol. The van der Waals surface area contributed by atoms with E-state index in [-0.39, 0.29) is 0 Å². The zero-order valence-electron chi connectivity index (χ0n) is 11.4. The van der Waals surface area contributed by atoms with Gasteiger partial charge in [-0.1, -0.05) is 0 Å². The Kier molecular flexibility index (Phi) is 3.43. The summed E-state index contributed by atoms with van der Waals surface area (Å²) in [6, 6.07) is 0.431. The minimum absolute atomic E-state index is 0.431. The minimum Gasteiger partial charge on any atom is -0.328 e. The monoisotopic (exact) mass is 265 g/mol. The highest BCUT2D eigenvalue weighted by atomic mass is 32.1. The second kappa shape index (κ2) is 4.91. The smallest absolute Gasteiger partial charge is 0.0974 e. The van der Waals surface area contributed by atoms with Gasteiger partial charge in [-0.3, -0.25) is 0 Å². The van der Waals surface area contributed by atoms with Crippen molar-refractivity contribution >= 4 is 11.3 Å². The van der Waals surface area contributed by atoms with Gasteiger partial charge in [0, 0.05) is 23.4 Å². The molecule has 2 aliphatic rings. The van der Waals surface area contributed by atoms with Crippen molar-refractivity contribution in [3.63, 3.8) is 0 Å². The predicted molar refractivity (Wildman–Crippen MR) is 76.3 cm³/mol. The summed E-state index contributed by atoms with van der Waals surface area (Å²) in [5, 5.41) is 1.37. The number of nitrogens with zero attached hydrogens (tertiary/aromatic N) is 2. The number of hydrogen-bond donors (Lipinski definition) is 1. The van der Waals surface area contributed by atoms with Gasteiger partial charge in [-0.2, -0.15) is 0 Å². The molecule has 1 saturated heterocycles. The molecule has 0 spiro atoms. The van der Waals surface area contributed by atoms with Crippen molar-refractivity contribution < 1.29 is 0 Å². The van der Waals surface area contributed by atoms with E-state index in [1.807, 2.05) is 11.3 Å². The van der Waals surface area contributed by atoms with E-state index in [1.54, 1.807) is 0 Å². The van der Waals surface area contributed by atoms with Crippen molar-refractivity contribution in [3.05, 3.63) is 15.6 Å². The lowest BCUT2D eigenvalue weighted by Crippen LogP contribution is -2.34. The standard InChI is InChI=1S/C14H23N3S/c1-9-13(11-6-12(15)7-11)18-14(16-9)10-4-3-5-17(2)8-10/h10-12H,3-8,15H2,1-2H3. The van der Waals surface area contributed by atoms with Crippen molar-refractivity contribution in [3.8, 4) is 0 Å². The Bertz CT molecular complexity index is 423. The molecule has 2 fully saturated rings. The number of aryl methyl sites for hydroxylation is 1. The molecular formula is C14H23N3S. The molecule has 3 nitrogen and oxygen atoms in total. The number of piperidine rings is 1. The zero-order valence-corrected chi connectivity index (χ0v) is 12.2. The first-order valence-corrected chi connectivity index (χ1v) is 7.86. The van der Waals surface area contributed by atoms with Crippen LogP contribution in [0.1, 0.15) is 53.1 Å². The van der Waals surface area contributed by atoms with E-state index in [9.17, 15) is 0 Å². The normalized spacial score (nSPS) is 33.4. The Morgan fingerprint density at radius 2 is 2.11 bits per heavy atom. The molecule has 1 aromatic rings. The third-order valence-electron chi connectivity index (χ3n) is 4.37. The van der Waals surface area contributed by atoms with Gasteiger partial charge < -0.3 is 10.6 Å². The van der Waals surface area contributed by atoms with Crippen molar-refractivity contribution in [2.75, 3.05) is 20.1 Å². The van der Waals surface area contributed by atoms with Crippen LogP contribution in [0.3, 0.4) is 0 Å². The van der Waals surface area contributed by atoms with Gasteiger partial charge in [0.1, 0.15) is 0 Å². The van der Waals surface area contributed by atoms with Gasteiger partial charge in [0.05, 0.1) is 10.7 Å². The van der Waals surface area contributed by atoms with Crippen molar-refractivity contribution in [2.45, 2.75) is 50.5 Å². The quantitative estimate of drug-likeness (QED) is 0.893. The van der Waals surface area contributed by atoms with Crippen molar-refractivity contribution in [1.29, 1.82) is 0 Å². The number of aromatic nitrogens is 1. The van der Waals surface area contributed by atoms with Gasteiger partial charge in [0.2, 0.25) is 0 Å². The summed E-state index contributed by atoms with van der Waals surface area (Å²) in [6.45, 7) is 4.59. The second-order valence-electron chi connectivity index (χ2n) is 6.03. The van der Waals surface area contributed by atoms with Crippen LogP contribution < -0.4 is 5.73 Å². The molecule has 1 aliphatic carbocycles. The van der Waals surface area contributed by atoms with Gasteiger partial charge in [-0.05, 0) is 52.1 Å². The molecule has 4 heteroatoms. The molecule has 3 rings (SSSR count). The molecule has 0 bridgehead atoms. The van der Waals surface area contributed by atoms with Crippen molar-refractivity contribution in [1.82, 2.24) is 9.88 Å². The average Bonchev–Trinajstić information content (AvgIpc) is 2.67. The predicted octanol–water partition coefficient (Wildman–Crippen LogP) is 2.47. The van der Waals surface area contributed by atoms with Crippen LogP contribution >= 0.6 is 11.3 Å². The maximum atomic E-state index is 5.90. The largest absolute Gasteiger partial charge is 0.328 e. The summed E-state index contributed by atoms with van der Waals surface area (Å²) in [7, 11) is 2.22. The number of hydrogen-bond acceptors (Lipinski definition) is 4. The van der Waals surface area contributed by atoms with Gasteiger partial charge >= 0.3 is 0 Å². The first kappa shape index (κ1) is 12.6. The Hall–Kier alpha value is -0.450. The molecule has 0 aromatic carbocycles. The van der Waals surface area contributed by atoms with Crippen LogP contribution in [-0.4, -0.2) is 36.1 Å². The molecule has 18 heavy (non-hydrogen) atoms. The minimum atomic E-state index is 0.431. The van der Waals surface area contributed by atoms with Crippen molar-refractivity contribution in [2.24, 2.45) is 5.73 Å². The van der Waals surface area contributed by atoms with E-state index in [1.165, 1.54) is 41.5 Å². The Labute approximate surface area is 113 Å². The lowest BCUT2D eigenvalue weighted by atomic mass is 9.79. The maximum Gasteiger partial charge on any atom is 0.0974 e. The first-order valence-electron chi connectivity index (χ1n) is 7.05. The topological polar surface area (TPSA) is 42.2 Å². The third kappa shape index (κ3) is 2.33. The number of likely N-dealkylation sites (N-methyl/N-ethyl adjacent to an activating group) is 1. The van der Waals surface area contributed by atoms with E-state index in [2.05, 4.69) is 18.9 Å². The molecule has 2 N–H and O–H groups in total. The fourth-order valence-corrected chi connectivity index (χ4v) is 4.55. The number of likely N-dealkylation sites (tertiary alicyclic amines) is 1. The molecule has 100 valence electrons. The Balaban J connectivity index is 1.75. The maximum absolute atomic E-state index is 5.90. The lowest BCUT2D eigenvalue weighted by molar-refractivity contribution is 0.250. The highest BCUT2D eigenvalue weighted by Gasteiger charge is 2.32. The van der Waals surface area contributed by atoms with E-state index < -0.39 is 0 Å². The van der Waals surface area contributed by atoms with E-state index >= 15 is 0 Å². The molecule has 1 aromatic heterocycles. The summed E-state index contributed by atoms with van der Waals surface area (Å²) in [5.74, 6) is 1.36. The second-order valence-corrected chi connectivity index (χ2v) is 7.09. The average molecular weight is 265 g/mol. The van der Waals surface area contributed by atoms with Gasteiger partial charge in [-0.15, -0.1) is 11.3 Å². The van der Waals surface area contributed by atoms with Gasteiger partial charge in [0.15, 0.2) is 0 Å². The summed E-state index contributed by atoms with van der Waals surface area (Å²) in [4.78, 5) is 8.80. The van der Waals surface area contributed by atoms with Crippen LogP contribution in [0, 0.1) is 6.92 Å². The molecule has 0 amide bonds. The highest BCUT2D eigenvalue weighted by Crippen LogP contribution is 2.42. The van der Waals surface area contributed by atoms with E-state index in [0.29, 0.717) is 17.9 Å². The van der Waals surface area contributed by atoms with Crippen LogP contribution in [0.4, 0.5) is 0 Å².